The fourth-order valence-corrected chi connectivity index (χ4v) is 5.22. The molecule has 0 bridgehead atoms. The van der Waals surface area contributed by atoms with Crippen LogP contribution < -0.4 is 0 Å². The minimum Gasteiger partial charge on any atom is -0.373 e. The Balaban J connectivity index is 2.29. The number of hydrogen-bond donors (Lipinski definition) is 0. The van der Waals surface area contributed by atoms with E-state index in [4.69, 9.17) is 21.7 Å². The molecule has 2 rings (SSSR count). The minimum absolute atomic E-state index is 0.872. The first kappa shape index (κ1) is 19.0. The lowest BCUT2D eigenvalue weighted by Crippen LogP contribution is -2.47. The van der Waals surface area contributed by atoms with E-state index in [1.807, 2.05) is 87.6 Å². The van der Waals surface area contributed by atoms with Crippen LogP contribution in [0.3, 0.4) is 0 Å². The van der Waals surface area contributed by atoms with E-state index >= 15 is 0 Å². The van der Waals surface area contributed by atoms with Crippen molar-refractivity contribution in [1.29, 1.82) is 0 Å². The summed E-state index contributed by atoms with van der Waals surface area (Å²) < 4.78 is 12.7. The van der Waals surface area contributed by atoms with E-state index in [1.54, 1.807) is 0 Å². The van der Waals surface area contributed by atoms with Crippen LogP contribution in [0.1, 0.15) is 25.0 Å². The monoisotopic (exact) mass is 348 g/mol. The Kier molecular flexibility index (Phi) is 5.55. The summed E-state index contributed by atoms with van der Waals surface area (Å²) in [6.07, 6.45) is 11.6. The third-order valence-corrected chi connectivity index (χ3v) is 5.90. The van der Waals surface area contributed by atoms with Gasteiger partial charge in [-0.3, -0.25) is 0 Å². The van der Waals surface area contributed by atoms with Crippen LogP contribution in [0.15, 0.2) is 60.7 Å². The zero-order chi connectivity index (χ0) is 18.6. The Hall–Kier alpha value is -2.30. The smallest absolute Gasteiger partial charge is 0.334 e. The molecule has 128 valence electrons. The summed E-state index contributed by atoms with van der Waals surface area (Å²) >= 11 is 0. The van der Waals surface area contributed by atoms with Gasteiger partial charge in [0.05, 0.1) is 0 Å². The summed E-state index contributed by atoms with van der Waals surface area (Å²) in [5.74, 6) is 5.55. The van der Waals surface area contributed by atoms with Crippen molar-refractivity contribution < 1.29 is 8.85 Å². The van der Waals surface area contributed by atoms with Crippen molar-refractivity contribution in [2.24, 2.45) is 0 Å². The van der Waals surface area contributed by atoms with Crippen molar-refractivity contribution in [3.05, 3.63) is 71.8 Å². The van der Waals surface area contributed by atoms with E-state index in [9.17, 15) is 0 Å². The maximum Gasteiger partial charge on any atom is 0.334 e. The normalized spacial score (nSPS) is 16.1. The van der Waals surface area contributed by atoms with Crippen LogP contribution in [-0.4, -0.2) is 8.56 Å². The molecule has 2 aromatic rings. The second-order valence-corrected chi connectivity index (χ2v) is 9.90. The molecule has 0 N–H and O–H groups in total. The molecule has 0 radical (unpaired) electrons. The van der Waals surface area contributed by atoms with Gasteiger partial charge >= 0.3 is 8.56 Å². The van der Waals surface area contributed by atoms with E-state index in [1.165, 1.54) is 0 Å². The van der Waals surface area contributed by atoms with Crippen LogP contribution in [0, 0.1) is 24.7 Å². The minimum atomic E-state index is -2.67. The first-order chi connectivity index (χ1) is 11.7. The molecular weight excluding hydrogens is 324 g/mol. The van der Waals surface area contributed by atoms with Crippen molar-refractivity contribution in [2.45, 2.75) is 38.1 Å². The molecule has 0 saturated carbocycles. The van der Waals surface area contributed by atoms with E-state index in [-0.39, 0.29) is 0 Å². The van der Waals surface area contributed by atoms with E-state index in [0.717, 1.165) is 11.1 Å². The van der Waals surface area contributed by atoms with Gasteiger partial charge in [0.1, 0.15) is 11.2 Å². The first-order valence-electron chi connectivity index (χ1n) is 8.22. The molecule has 0 heterocycles. The molecule has 0 fully saturated rings. The molecule has 2 aromatic carbocycles. The Morgan fingerprint density at radius 1 is 0.720 bits per heavy atom. The summed E-state index contributed by atoms with van der Waals surface area (Å²) in [4.78, 5) is 0. The highest BCUT2D eigenvalue weighted by Gasteiger charge is 2.41. The summed E-state index contributed by atoms with van der Waals surface area (Å²) in [5, 5.41) is 0. The summed E-state index contributed by atoms with van der Waals surface area (Å²) in [6, 6.07) is 19.5. The average Bonchev–Trinajstić information content (AvgIpc) is 2.62. The second kappa shape index (κ2) is 7.29. The molecule has 25 heavy (non-hydrogen) atoms. The lowest BCUT2D eigenvalue weighted by Gasteiger charge is -2.38. The zero-order valence-electron chi connectivity index (χ0n) is 15.2. The van der Waals surface area contributed by atoms with Crippen LogP contribution >= 0.6 is 0 Å². The lowest BCUT2D eigenvalue weighted by molar-refractivity contribution is 0.0359. The standard InChI is InChI=1S/C22H24O2Si/c1-7-21(3,19-15-11-9-12-16-19)23-25(5,6)24-22(4,8-2)20-17-13-10-14-18-20/h1-2,9-18H,3-6H3. The Bertz CT molecular complexity index is 719. The molecule has 2 unspecified atom stereocenters. The van der Waals surface area contributed by atoms with Gasteiger partial charge in [0.15, 0.2) is 0 Å². The molecular formula is C22H24O2Si. The highest BCUT2D eigenvalue weighted by molar-refractivity contribution is 6.64. The fourth-order valence-electron chi connectivity index (χ4n) is 2.86. The predicted molar refractivity (Wildman–Crippen MR) is 105 cm³/mol. The maximum absolute atomic E-state index is 6.36. The third kappa shape index (κ3) is 4.41. The van der Waals surface area contributed by atoms with Crippen molar-refractivity contribution >= 4 is 8.56 Å². The molecule has 0 aromatic heterocycles. The average molecular weight is 349 g/mol. The maximum atomic E-state index is 6.36. The molecule has 0 aliphatic heterocycles. The van der Waals surface area contributed by atoms with Crippen molar-refractivity contribution in [2.75, 3.05) is 0 Å². The number of hydrogen-bond acceptors (Lipinski definition) is 2. The summed E-state index contributed by atoms with van der Waals surface area (Å²) in [5.41, 5.74) is 0.0967. The molecule has 0 aliphatic rings. The third-order valence-electron chi connectivity index (χ3n) is 4.10. The van der Waals surface area contributed by atoms with Crippen LogP contribution in [0.25, 0.3) is 0 Å². The molecule has 0 amide bonds. The largest absolute Gasteiger partial charge is 0.373 e. The van der Waals surface area contributed by atoms with E-state index in [0.29, 0.717) is 0 Å². The van der Waals surface area contributed by atoms with E-state index in [2.05, 4.69) is 11.8 Å². The zero-order valence-corrected chi connectivity index (χ0v) is 16.2. The van der Waals surface area contributed by atoms with Gasteiger partial charge in [0.2, 0.25) is 0 Å². The van der Waals surface area contributed by atoms with Crippen LogP contribution in [0.2, 0.25) is 13.1 Å². The van der Waals surface area contributed by atoms with Crippen molar-refractivity contribution in [3.8, 4) is 24.7 Å². The van der Waals surface area contributed by atoms with Gasteiger partial charge in [0, 0.05) is 0 Å². The van der Waals surface area contributed by atoms with Gasteiger partial charge in [-0.25, -0.2) is 0 Å². The van der Waals surface area contributed by atoms with Crippen LogP contribution in [0.5, 0.6) is 0 Å². The SMILES string of the molecule is C#CC(C)(O[Si](C)(C)OC(C)(C#C)c1ccccc1)c1ccccc1. The molecule has 0 aliphatic carbocycles. The number of benzene rings is 2. The molecule has 0 saturated heterocycles. The number of terminal acetylenes is 2. The summed E-state index contributed by atoms with van der Waals surface area (Å²) in [6.45, 7) is 7.69. The lowest BCUT2D eigenvalue weighted by atomic mass is 9.97. The highest BCUT2D eigenvalue weighted by atomic mass is 28.4. The van der Waals surface area contributed by atoms with Gasteiger partial charge in [-0.2, -0.15) is 0 Å². The van der Waals surface area contributed by atoms with Gasteiger partial charge in [-0.15, -0.1) is 12.8 Å². The topological polar surface area (TPSA) is 18.5 Å². The molecule has 2 nitrogen and oxygen atoms in total. The predicted octanol–water partition coefficient (Wildman–Crippen LogP) is 4.82. The Labute approximate surface area is 152 Å². The van der Waals surface area contributed by atoms with E-state index < -0.39 is 19.8 Å². The van der Waals surface area contributed by atoms with Gasteiger partial charge in [0.25, 0.3) is 0 Å². The molecule has 3 heteroatoms. The van der Waals surface area contributed by atoms with Gasteiger partial charge in [-0.1, -0.05) is 72.5 Å². The first-order valence-corrected chi connectivity index (χ1v) is 11.0. The quantitative estimate of drug-likeness (QED) is 0.550. The Morgan fingerprint density at radius 3 is 1.32 bits per heavy atom. The Morgan fingerprint density at radius 2 is 1.04 bits per heavy atom. The molecule has 0 spiro atoms. The fraction of sp³-hybridized carbons (Fsp3) is 0.273. The number of rotatable bonds is 6. The van der Waals surface area contributed by atoms with Gasteiger partial charge < -0.3 is 8.85 Å². The molecule has 2 atom stereocenters. The van der Waals surface area contributed by atoms with Crippen LogP contribution in [0.4, 0.5) is 0 Å². The van der Waals surface area contributed by atoms with Gasteiger partial charge in [-0.05, 0) is 38.1 Å². The van der Waals surface area contributed by atoms with Crippen molar-refractivity contribution in [1.82, 2.24) is 0 Å². The highest BCUT2D eigenvalue weighted by Crippen LogP contribution is 2.34. The summed E-state index contributed by atoms with van der Waals surface area (Å²) in [7, 11) is -2.67. The van der Waals surface area contributed by atoms with Crippen molar-refractivity contribution in [3.63, 3.8) is 0 Å². The van der Waals surface area contributed by atoms with Crippen LogP contribution in [-0.2, 0) is 20.1 Å². The second-order valence-electron chi connectivity index (χ2n) is 6.69.